The number of aromatic nitrogens is 1. The summed E-state index contributed by atoms with van der Waals surface area (Å²) in [6.07, 6.45) is 1.33. The first-order valence-electron chi connectivity index (χ1n) is 6.25. The first-order valence-corrected chi connectivity index (χ1v) is 7.06. The molecule has 1 aromatic heterocycles. The van der Waals surface area contributed by atoms with Gasteiger partial charge < -0.3 is 15.4 Å². The Morgan fingerprint density at radius 3 is 3.28 bits per heavy atom. The summed E-state index contributed by atoms with van der Waals surface area (Å²) in [5.74, 6) is 0. The summed E-state index contributed by atoms with van der Waals surface area (Å²) >= 11 is 1.71. The lowest BCUT2D eigenvalue weighted by Gasteiger charge is -2.20. The molecule has 0 spiro atoms. The third-order valence-electron chi connectivity index (χ3n) is 3.12. The second kappa shape index (κ2) is 4.74. The van der Waals surface area contributed by atoms with Gasteiger partial charge in [-0.25, -0.2) is 4.98 Å². The number of benzene rings is 1. The first-order chi connectivity index (χ1) is 8.72. The van der Waals surface area contributed by atoms with Crippen LogP contribution in [0.15, 0.2) is 18.2 Å². The second-order valence-electron chi connectivity index (χ2n) is 4.70. The summed E-state index contributed by atoms with van der Waals surface area (Å²) in [4.78, 5) is 7.00. The van der Waals surface area contributed by atoms with Crippen LogP contribution in [0.3, 0.4) is 0 Å². The summed E-state index contributed by atoms with van der Waals surface area (Å²) in [5, 5.41) is 1.08. The highest BCUT2D eigenvalue weighted by Crippen LogP contribution is 2.30. The molecule has 1 aliphatic heterocycles. The van der Waals surface area contributed by atoms with Crippen LogP contribution in [0.1, 0.15) is 13.3 Å². The highest BCUT2D eigenvalue weighted by Gasteiger charge is 2.18. The Balaban J connectivity index is 1.93. The third-order valence-corrected chi connectivity index (χ3v) is 4.20. The Bertz CT molecular complexity index is 554. The van der Waals surface area contributed by atoms with Crippen molar-refractivity contribution >= 4 is 32.4 Å². The highest BCUT2D eigenvalue weighted by atomic mass is 32.1. The van der Waals surface area contributed by atoms with Crippen molar-refractivity contribution in [3.05, 3.63) is 18.2 Å². The fourth-order valence-corrected chi connectivity index (χ4v) is 3.28. The summed E-state index contributed by atoms with van der Waals surface area (Å²) in [6, 6.07) is 5.89. The van der Waals surface area contributed by atoms with Crippen LogP contribution in [0.25, 0.3) is 10.2 Å². The predicted octanol–water partition coefficient (Wildman–Crippen LogP) is 2.49. The van der Waals surface area contributed by atoms with Gasteiger partial charge in [0.2, 0.25) is 0 Å². The Hall–Kier alpha value is -1.33. The molecule has 0 aliphatic carbocycles. The van der Waals surface area contributed by atoms with Crippen molar-refractivity contribution in [2.75, 3.05) is 30.3 Å². The molecule has 96 valence electrons. The maximum Gasteiger partial charge on any atom is 0.186 e. The Morgan fingerprint density at radius 2 is 2.39 bits per heavy atom. The molecule has 4 nitrogen and oxygen atoms in total. The van der Waals surface area contributed by atoms with Crippen molar-refractivity contribution in [2.24, 2.45) is 0 Å². The van der Waals surface area contributed by atoms with Gasteiger partial charge in [-0.3, -0.25) is 0 Å². The third kappa shape index (κ3) is 2.28. The maximum absolute atomic E-state index is 5.80. The molecule has 0 bridgehead atoms. The molecule has 1 atom stereocenters. The first kappa shape index (κ1) is 11.7. The van der Waals surface area contributed by atoms with E-state index >= 15 is 0 Å². The number of nitrogens with zero attached hydrogens (tertiary/aromatic N) is 2. The van der Waals surface area contributed by atoms with Gasteiger partial charge in [0.05, 0.1) is 16.3 Å². The molecule has 3 rings (SSSR count). The Labute approximate surface area is 110 Å². The molecular weight excluding hydrogens is 246 g/mol. The molecule has 1 aromatic carbocycles. The molecule has 1 fully saturated rings. The molecule has 0 saturated carbocycles. The number of thiazole rings is 1. The van der Waals surface area contributed by atoms with Crippen LogP contribution in [0.5, 0.6) is 0 Å². The van der Waals surface area contributed by atoms with Gasteiger partial charge in [-0.1, -0.05) is 11.3 Å². The van der Waals surface area contributed by atoms with E-state index in [-0.39, 0.29) is 6.10 Å². The molecule has 5 heteroatoms. The van der Waals surface area contributed by atoms with Gasteiger partial charge in [0.15, 0.2) is 5.13 Å². The number of ether oxygens (including phenoxy) is 1. The lowest BCUT2D eigenvalue weighted by molar-refractivity contribution is 0.0821. The van der Waals surface area contributed by atoms with E-state index in [4.69, 9.17) is 10.5 Å². The minimum Gasteiger partial charge on any atom is -0.399 e. The van der Waals surface area contributed by atoms with Crippen molar-refractivity contribution in [1.82, 2.24) is 4.98 Å². The van der Waals surface area contributed by atoms with Gasteiger partial charge in [0.1, 0.15) is 0 Å². The number of anilines is 2. The van der Waals surface area contributed by atoms with E-state index in [9.17, 15) is 0 Å². The van der Waals surface area contributed by atoms with Gasteiger partial charge >= 0.3 is 0 Å². The van der Waals surface area contributed by atoms with E-state index < -0.39 is 0 Å². The van der Waals surface area contributed by atoms with E-state index in [2.05, 4.69) is 16.8 Å². The molecule has 0 radical (unpaired) electrons. The topological polar surface area (TPSA) is 51.4 Å². The van der Waals surface area contributed by atoms with E-state index in [1.54, 1.807) is 11.3 Å². The quantitative estimate of drug-likeness (QED) is 0.803. The Kier molecular flexibility index (Phi) is 3.09. The largest absolute Gasteiger partial charge is 0.399 e. The molecule has 2 N–H and O–H groups in total. The van der Waals surface area contributed by atoms with Gasteiger partial charge in [0, 0.05) is 25.4 Å². The summed E-state index contributed by atoms with van der Waals surface area (Å²) in [6.45, 7) is 4.88. The minimum absolute atomic E-state index is 0.268. The van der Waals surface area contributed by atoms with E-state index in [0.29, 0.717) is 0 Å². The zero-order valence-electron chi connectivity index (χ0n) is 10.4. The average molecular weight is 263 g/mol. The molecule has 2 heterocycles. The fourth-order valence-electron chi connectivity index (χ4n) is 2.23. The lowest BCUT2D eigenvalue weighted by atomic mass is 10.3. The number of hydrogen-bond donors (Lipinski definition) is 1. The molecule has 0 unspecified atom stereocenters. The lowest BCUT2D eigenvalue weighted by Crippen LogP contribution is -2.29. The summed E-state index contributed by atoms with van der Waals surface area (Å²) < 4.78 is 6.82. The standard InChI is InChI=1S/C13H17N3OS/c1-9-8-16(5-2-6-17-9)13-15-11-4-3-10(14)7-12(11)18-13/h3-4,7,9H,2,5-6,8,14H2,1H3/t9-/m1/s1. The van der Waals surface area contributed by atoms with E-state index in [0.717, 1.165) is 47.2 Å². The molecule has 0 amide bonds. The number of nitrogen functional groups attached to an aromatic ring is 1. The van der Waals surface area contributed by atoms with Crippen molar-refractivity contribution in [1.29, 1.82) is 0 Å². The number of nitrogens with two attached hydrogens (primary N) is 1. The molecular formula is C13H17N3OS. The normalized spacial score (nSPS) is 21.2. The van der Waals surface area contributed by atoms with E-state index in [1.165, 1.54) is 0 Å². The fraction of sp³-hybridized carbons (Fsp3) is 0.462. The van der Waals surface area contributed by atoms with Gasteiger partial charge in [-0.05, 0) is 31.5 Å². The highest BCUT2D eigenvalue weighted by molar-refractivity contribution is 7.22. The molecule has 1 saturated heterocycles. The van der Waals surface area contributed by atoms with Gasteiger partial charge in [-0.2, -0.15) is 0 Å². The number of fused-ring (bicyclic) bond motifs is 1. The zero-order chi connectivity index (χ0) is 12.5. The monoisotopic (exact) mass is 263 g/mol. The van der Waals surface area contributed by atoms with Crippen LogP contribution in [-0.2, 0) is 4.74 Å². The van der Waals surface area contributed by atoms with Gasteiger partial charge in [-0.15, -0.1) is 0 Å². The van der Waals surface area contributed by atoms with E-state index in [1.807, 2.05) is 18.2 Å². The van der Waals surface area contributed by atoms with Crippen molar-refractivity contribution in [3.8, 4) is 0 Å². The molecule has 18 heavy (non-hydrogen) atoms. The summed E-state index contributed by atoms with van der Waals surface area (Å²) in [7, 11) is 0. The van der Waals surface area contributed by atoms with Crippen LogP contribution in [0.2, 0.25) is 0 Å². The van der Waals surface area contributed by atoms with Gasteiger partial charge in [0.25, 0.3) is 0 Å². The molecule has 2 aromatic rings. The zero-order valence-corrected chi connectivity index (χ0v) is 11.2. The van der Waals surface area contributed by atoms with Crippen LogP contribution in [0, 0.1) is 0 Å². The Morgan fingerprint density at radius 1 is 1.50 bits per heavy atom. The summed E-state index contributed by atoms with van der Waals surface area (Å²) in [5.41, 5.74) is 7.63. The van der Waals surface area contributed by atoms with Crippen LogP contribution >= 0.6 is 11.3 Å². The van der Waals surface area contributed by atoms with Crippen LogP contribution < -0.4 is 10.6 Å². The minimum atomic E-state index is 0.268. The van der Waals surface area contributed by atoms with Crippen LogP contribution in [-0.4, -0.2) is 30.8 Å². The smallest absolute Gasteiger partial charge is 0.186 e. The van der Waals surface area contributed by atoms with Crippen molar-refractivity contribution in [2.45, 2.75) is 19.4 Å². The van der Waals surface area contributed by atoms with Crippen LogP contribution in [0.4, 0.5) is 10.8 Å². The van der Waals surface area contributed by atoms with Crippen molar-refractivity contribution < 1.29 is 4.74 Å². The number of rotatable bonds is 1. The number of hydrogen-bond acceptors (Lipinski definition) is 5. The average Bonchev–Trinajstić information content (AvgIpc) is 2.63. The second-order valence-corrected chi connectivity index (χ2v) is 5.71. The van der Waals surface area contributed by atoms with Crippen molar-refractivity contribution in [3.63, 3.8) is 0 Å². The predicted molar refractivity (Wildman–Crippen MR) is 76.3 cm³/mol. The molecule has 1 aliphatic rings. The maximum atomic E-state index is 5.80. The SMILES string of the molecule is C[C@@H]1CN(c2nc3ccc(N)cc3s2)CCCO1.